The number of benzene rings is 3. The third kappa shape index (κ3) is 6.27. The predicted octanol–water partition coefficient (Wildman–Crippen LogP) is 3.87. The highest BCUT2D eigenvalue weighted by Crippen LogP contribution is 2.36. The molecule has 0 unspecified atom stereocenters. The summed E-state index contributed by atoms with van der Waals surface area (Å²) < 4.78 is 39.2. The summed E-state index contributed by atoms with van der Waals surface area (Å²) in [6, 6.07) is 19.6. The Kier molecular flexibility index (Phi) is 7.84. The first kappa shape index (κ1) is 24.9. The molecule has 3 aromatic carbocycles. The summed E-state index contributed by atoms with van der Waals surface area (Å²) in [7, 11) is -3.89. The van der Waals surface area contributed by atoms with Gasteiger partial charge in [0.2, 0.25) is 16.8 Å². The summed E-state index contributed by atoms with van der Waals surface area (Å²) in [5, 5.41) is 3.99. The van der Waals surface area contributed by atoms with Gasteiger partial charge in [-0.1, -0.05) is 48.0 Å². The molecule has 0 spiro atoms. The largest absolute Gasteiger partial charge is 0.454 e. The first-order valence-electron chi connectivity index (χ1n) is 10.8. The lowest BCUT2D eigenvalue weighted by atomic mass is 10.1. The van der Waals surface area contributed by atoms with Crippen LogP contribution in [0.2, 0.25) is 0 Å². The molecule has 4 rings (SSSR count). The van der Waals surface area contributed by atoms with Gasteiger partial charge in [0.15, 0.2) is 11.5 Å². The SMILES string of the molecule is Cc1ccc(S(=O)(=O)N(CCc2ccccc2)CC(=O)N/N=C\c2cc3c(cc2Br)OCO3)cc1. The minimum absolute atomic E-state index is 0.136. The monoisotopic (exact) mass is 557 g/mol. The van der Waals surface area contributed by atoms with Crippen LogP contribution in [-0.2, 0) is 21.2 Å². The van der Waals surface area contributed by atoms with Crippen molar-refractivity contribution in [2.24, 2.45) is 5.10 Å². The number of carbonyl (C=O) groups is 1. The van der Waals surface area contributed by atoms with Crippen LogP contribution in [0.15, 0.2) is 81.2 Å². The van der Waals surface area contributed by atoms with E-state index in [2.05, 4.69) is 26.5 Å². The first-order valence-corrected chi connectivity index (χ1v) is 13.1. The van der Waals surface area contributed by atoms with Crippen molar-refractivity contribution in [3.63, 3.8) is 0 Å². The van der Waals surface area contributed by atoms with Crippen LogP contribution in [0.25, 0.3) is 0 Å². The third-order valence-corrected chi connectivity index (χ3v) is 7.90. The molecule has 0 radical (unpaired) electrons. The summed E-state index contributed by atoms with van der Waals surface area (Å²) in [6.07, 6.45) is 1.92. The molecular formula is C25H24BrN3O5S. The Bertz CT molecular complexity index is 1330. The van der Waals surface area contributed by atoms with Crippen molar-refractivity contribution >= 4 is 38.1 Å². The molecule has 0 atom stereocenters. The number of nitrogens with zero attached hydrogens (tertiary/aromatic N) is 2. The quantitative estimate of drug-likeness (QED) is 0.318. The lowest BCUT2D eigenvalue weighted by molar-refractivity contribution is -0.121. The highest BCUT2D eigenvalue weighted by molar-refractivity contribution is 9.10. The van der Waals surface area contributed by atoms with Gasteiger partial charge in [-0.05, 0) is 59.1 Å². The van der Waals surface area contributed by atoms with Gasteiger partial charge >= 0.3 is 0 Å². The zero-order valence-corrected chi connectivity index (χ0v) is 21.4. The zero-order valence-electron chi connectivity index (χ0n) is 19.0. The number of fused-ring (bicyclic) bond motifs is 1. The smallest absolute Gasteiger partial charge is 0.255 e. The van der Waals surface area contributed by atoms with Gasteiger partial charge in [0.25, 0.3) is 5.91 Å². The van der Waals surface area contributed by atoms with Crippen LogP contribution in [0.4, 0.5) is 0 Å². The van der Waals surface area contributed by atoms with Crippen LogP contribution in [0, 0.1) is 6.92 Å². The number of halogens is 1. The van der Waals surface area contributed by atoms with E-state index in [-0.39, 0.29) is 24.8 Å². The van der Waals surface area contributed by atoms with Crippen molar-refractivity contribution in [1.29, 1.82) is 0 Å². The molecule has 1 amide bonds. The fraction of sp³-hybridized carbons (Fsp3) is 0.200. The summed E-state index contributed by atoms with van der Waals surface area (Å²) in [6.45, 7) is 1.80. The minimum Gasteiger partial charge on any atom is -0.454 e. The van der Waals surface area contributed by atoms with Crippen LogP contribution in [0.1, 0.15) is 16.7 Å². The van der Waals surface area contributed by atoms with Crippen molar-refractivity contribution in [3.05, 3.63) is 87.9 Å². The standard InChI is InChI=1S/C25H24BrN3O5S/c1-18-7-9-21(10-8-18)35(31,32)29(12-11-19-5-3-2-4-6-19)16-25(30)28-27-15-20-13-23-24(14-22(20)26)34-17-33-23/h2-10,13-15H,11-12,16-17H2,1H3,(H,28,30)/b27-15-. The van der Waals surface area contributed by atoms with E-state index >= 15 is 0 Å². The van der Waals surface area contributed by atoms with E-state index in [1.54, 1.807) is 36.4 Å². The van der Waals surface area contributed by atoms with Crippen molar-refractivity contribution in [1.82, 2.24) is 9.73 Å². The van der Waals surface area contributed by atoms with E-state index in [1.165, 1.54) is 10.5 Å². The van der Waals surface area contributed by atoms with E-state index in [1.807, 2.05) is 37.3 Å². The Morgan fingerprint density at radius 3 is 2.49 bits per heavy atom. The summed E-state index contributed by atoms with van der Waals surface area (Å²) in [5.74, 6) is 0.646. The lowest BCUT2D eigenvalue weighted by Crippen LogP contribution is -2.40. The molecule has 10 heteroatoms. The van der Waals surface area contributed by atoms with Gasteiger partial charge < -0.3 is 9.47 Å². The Morgan fingerprint density at radius 1 is 1.09 bits per heavy atom. The molecule has 0 saturated carbocycles. The number of hydrazone groups is 1. The van der Waals surface area contributed by atoms with Crippen LogP contribution >= 0.6 is 15.9 Å². The van der Waals surface area contributed by atoms with Crippen molar-refractivity contribution < 1.29 is 22.7 Å². The van der Waals surface area contributed by atoms with E-state index in [9.17, 15) is 13.2 Å². The lowest BCUT2D eigenvalue weighted by Gasteiger charge is -2.21. The number of aryl methyl sites for hydroxylation is 1. The van der Waals surface area contributed by atoms with Gasteiger partial charge in [-0.25, -0.2) is 13.8 Å². The second kappa shape index (κ2) is 11.0. The maximum Gasteiger partial charge on any atom is 0.255 e. The second-order valence-electron chi connectivity index (χ2n) is 7.91. The highest BCUT2D eigenvalue weighted by atomic mass is 79.9. The van der Waals surface area contributed by atoms with E-state index in [0.717, 1.165) is 11.1 Å². The number of hydrogen-bond acceptors (Lipinski definition) is 6. The van der Waals surface area contributed by atoms with Gasteiger partial charge in [-0.15, -0.1) is 0 Å². The molecule has 0 aromatic heterocycles. The van der Waals surface area contributed by atoms with Gasteiger partial charge in [0.05, 0.1) is 17.7 Å². The van der Waals surface area contributed by atoms with E-state index in [0.29, 0.717) is 28.0 Å². The highest BCUT2D eigenvalue weighted by Gasteiger charge is 2.26. The number of carbonyl (C=O) groups excluding carboxylic acids is 1. The number of nitrogens with one attached hydrogen (secondary N) is 1. The van der Waals surface area contributed by atoms with Crippen LogP contribution < -0.4 is 14.9 Å². The van der Waals surface area contributed by atoms with E-state index < -0.39 is 15.9 Å². The Hall–Kier alpha value is -3.21. The summed E-state index contributed by atoms with van der Waals surface area (Å²) in [5.41, 5.74) is 5.01. The molecule has 35 heavy (non-hydrogen) atoms. The molecule has 0 bridgehead atoms. The maximum absolute atomic E-state index is 13.3. The maximum atomic E-state index is 13.3. The normalized spacial score (nSPS) is 12.9. The topological polar surface area (TPSA) is 97.3 Å². The minimum atomic E-state index is -3.89. The fourth-order valence-electron chi connectivity index (χ4n) is 3.44. The molecule has 182 valence electrons. The number of hydrogen-bond donors (Lipinski definition) is 1. The van der Waals surface area contributed by atoms with Gasteiger partial charge in [0, 0.05) is 16.6 Å². The molecule has 0 saturated heterocycles. The molecule has 0 fully saturated rings. The Labute approximate surface area is 212 Å². The summed E-state index contributed by atoms with van der Waals surface area (Å²) >= 11 is 3.43. The molecule has 1 aliphatic heterocycles. The van der Waals surface area contributed by atoms with Crippen molar-refractivity contribution in [3.8, 4) is 11.5 Å². The van der Waals surface area contributed by atoms with E-state index in [4.69, 9.17) is 9.47 Å². The van der Waals surface area contributed by atoms with Gasteiger partial charge in [-0.3, -0.25) is 4.79 Å². The predicted molar refractivity (Wildman–Crippen MR) is 136 cm³/mol. The Morgan fingerprint density at radius 2 is 1.77 bits per heavy atom. The van der Waals surface area contributed by atoms with Crippen LogP contribution in [0.3, 0.4) is 0 Å². The van der Waals surface area contributed by atoms with Gasteiger partial charge in [0.1, 0.15) is 0 Å². The number of ether oxygens (including phenoxy) is 2. The second-order valence-corrected chi connectivity index (χ2v) is 10.7. The van der Waals surface area contributed by atoms with Crippen molar-refractivity contribution in [2.75, 3.05) is 19.9 Å². The number of rotatable bonds is 9. The molecule has 8 nitrogen and oxygen atoms in total. The molecule has 1 heterocycles. The first-order chi connectivity index (χ1) is 16.8. The molecule has 1 aliphatic rings. The number of amides is 1. The number of sulfonamides is 1. The summed E-state index contributed by atoms with van der Waals surface area (Å²) in [4.78, 5) is 12.8. The van der Waals surface area contributed by atoms with Crippen LogP contribution in [0.5, 0.6) is 11.5 Å². The van der Waals surface area contributed by atoms with Crippen molar-refractivity contribution in [2.45, 2.75) is 18.2 Å². The molecular weight excluding hydrogens is 534 g/mol. The zero-order chi connectivity index (χ0) is 24.8. The molecule has 0 aliphatic carbocycles. The third-order valence-electron chi connectivity index (χ3n) is 5.36. The molecule has 1 N–H and O–H groups in total. The van der Waals surface area contributed by atoms with Crippen LogP contribution in [-0.4, -0.2) is 44.7 Å². The Balaban J connectivity index is 1.47. The van der Waals surface area contributed by atoms with Gasteiger partial charge in [-0.2, -0.15) is 9.41 Å². The average Bonchev–Trinajstić information content (AvgIpc) is 3.29. The average molecular weight is 558 g/mol. The fourth-order valence-corrected chi connectivity index (χ4v) is 5.26. The molecule has 3 aromatic rings.